The van der Waals surface area contributed by atoms with E-state index in [-0.39, 0.29) is 21.7 Å². The first-order valence-electron chi connectivity index (χ1n) is 5.45. The molecule has 0 fully saturated rings. The van der Waals surface area contributed by atoms with E-state index in [0.29, 0.717) is 6.61 Å². The lowest BCUT2D eigenvalue weighted by Gasteiger charge is -2.14. The zero-order valence-corrected chi connectivity index (χ0v) is 11.8. The molecule has 0 amide bonds. The number of hydrogen-bond donors (Lipinski definition) is 0. The summed E-state index contributed by atoms with van der Waals surface area (Å²) in [6, 6.07) is 4.54. The van der Waals surface area contributed by atoms with Crippen molar-refractivity contribution in [1.29, 1.82) is 0 Å². The first-order chi connectivity index (χ1) is 8.68. The SMILES string of the molecule is CC1(C)COC(c2cccc(Br)c2OC(F)(F)F)=N1. The van der Waals surface area contributed by atoms with Crippen molar-refractivity contribution in [3.05, 3.63) is 28.2 Å². The van der Waals surface area contributed by atoms with Gasteiger partial charge >= 0.3 is 6.36 Å². The first-order valence-corrected chi connectivity index (χ1v) is 6.24. The normalized spacial score (nSPS) is 17.9. The minimum Gasteiger partial charge on any atom is -0.475 e. The quantitative estimate of drug-likeness (QED) is 0.819. The van der Waals surface area contributed by atoms with Crippen LogP contribution in [-0.2, 0) is 4.74 Å². The fourth-order valence-electron chi connectivity index (χ4n) is 1.62. The van der Waals surface area contributed by atoms with Crippen molar-refractivity contribution < 1.29 is 22.6 Å². The van der Waals surface area contributed by atoms with Gasteiger partial charge in [0.05, 0.1) is 15.6 Å². The number of halogens is 4. The molecule has 1 heterocycles. The van der Waals surface area contributed by atoms with Gasteiger partial charge < -0.3 is 9.47 Å². The van der Waals surface area contributed by atoms with E-state index in [1.807, 2.05) is 13.8 Å². The van der Waals surface area contributed by atoms with Gasteiger partial charge in [-0.15, -0.1) is 13.2 Å². The fourth-order valence-corrected chi connectivity index (χ4v) is 2.07. The van der Waals surface area contributed by atoms with E-state index in [0.717, 1.165) is 0 Å². The lowest BCUT2D eigenvalue weighted by atomic mass is 10.1. The summed E-state index contributed by atoms with van der Waals surface area (Å²) in [5.74, 6) is -0.183. The number of rotatable bonds is 2. The molecule has 3 nitrogen and oxygen atoms in total. The van der Waals surface area contributed by atoms with Crippen molar-refractivity contribution in [2.24, 2.45) is 4.99 Å². The summed E-state index contributed by atoms with van der Waals surface area (Å²) in [6.45, 7) is 3.99. The molecule has 19 heavy (non-hydrogen) atoms. The third kappa shape index (κ3) is 3.40. The summed E-state index contributed by atoms with van der Waals surface area (Å²) in [7, 11) is 0. The molecule has 0 unspecified atom stereocenters. The summed E-state index contributed by atoms with van der Waals surface area (Å²) >= 11 is 3.04. The van der Waals surface area contributed by atoms with E-state index in [1.165, 1.54) is 12.1 Å². The molecule has 0 radical (unpaired) electrons. The molecule has 0 N–H and O–H groups in total. The highest BCUT2D eigenvalue weighted by molar-refractivity contribution is 9.10. The predicted octanol–water partition coefficient (Wildman–Crippen LogP) is 3.90. The van der Waals surface area contributed by atoms with Crippen LogP contribution in [0.15, 0.2) is 27.7 Å². The summed E-state index contributed by atoms with van der Waals surface area (Å²) in [6.07, 6.45) is -4.77. The van der Waals surface area contributed by atoms with Crippen LogP contribution in [0.2, 0.25) is 0 Å². The van der Waals surface area contributed by atoms with Crippen molar-refractivity contribution in [1.82, 2.24) is 0 Å². The average molecular weight is 338 g/mol. The Bertz CT molecular complexity index is 526. The molecule has 1 aromatic rings. The predicted molar refractivity (Wildman–Crippen MR) is 67.4 cm³/mol. The van der Waals surface area contributed by atoms with Crippen LogP contribution in [0.25, 0.3) is 0 Å². The van der Waals surface area contributed by atoms with Gasteiger partial charge in [-0.3, -0.25) is 0 Å². The van der Waals surface area contributed by atoms with Gasteiger partial charge in [0.1, 0.15) is 6.61 Å². The third-order valence-electron chi connectivity index (χ3n) is 2.38. The Labute approximate surface area is 116 Å². The van der Waals surface area contributed by atoms with Crippen molar-refractivity contribution in [3.8, 4) is 5.75 Å². The maximum atomic E-state index is 12.4. The zero-order chi connectivity index (χ0) is 14.3. The molecule has 1 aliphatic heterocycles. The van der Waals surface area contributed by atoms with Crippen molar-refractivity contribution in [2.45, 2.75) is 25.7 Å². The van der Waals surface area contributed by atoms with Gasteiger partial charge in [0, 0.05) is 0 Å². The van der Waals surface area contributed by atoms with Crippen LogP contribution >= 0.6 is 15.9 Å². The fraction of sp³-hybridized carbons (Fsp3) is 0.417. The number of para-hydroxylation sites is 1. The van der Waals surface area contributed by atoms with Crippen molar-refractivity contribution >= 4 is 21.8 Å². The van der Waals surface area contributed by atoms with Crippen LogP contribution < -0.4 is 4.74 Å². The van der Waals surface area contributed by atoms with E-state index in [4.69, 9.17) is 4.74 Å². The minimum atomic E-state index is -4.77. The molecule has 0 aliphatic carbocycles. The van der Waals surface area contributed by atoms with E-state index in [1.54, 1.807) is 6.07 Å². The Balaban J connectivity index is 2.44. The lowest BCUT2D eigenvalue weighted by Crippen LogP contribution is -2.19. The molecule has 1 aromatic carbocycles. The largest absolute Gasteiger partial charge is 0.573 e. The molecule has 0 bridgehead atoms. The number of nitrogens with zero attached hydrogens (tertiary/aromatic N) is 1. The van der Waals surface area contributed by atoms with Crippen LogP contribution in [0.5, 0.6) is 5.75 Å². The van der Waals surface area contributed by atoms with Crippen LogP contribution in [0.1, 0.15) is 19.4 Å². The van der Waals surface area contributed by atoms with Crippen LogP contribution in [0.4, 0.5) is 13.2 Å². The maximum absolute atomic E-state index is 12.4. The molecule has 0 aromatic heterocycles. The second-order valence-electron chi connectivity index (χ2n) is 4.68. The standard InChI is InChI=1S/C12H11BrF3NO2/c1-11(2)6-18-10(17-11)7-4-3-5-8(13)9(7)19-12(14,15)16/h3-5H,6H2,1-2H3. The Morgan fingerprint density at radius 1 is 1.37 bits per heavy atom. The molecule has 0 saturated carbocycles. The summed E-state index contributed by atoms with van der Waals surface area (Å²) in [4.78, 5) is 4.25. The molecule has 104 valence electrons. The number of ether oxygens (including phenoxy) is 2. The number of benzene rings is 1. The molecule has 1 aliphatic rings. The van der Waals surface area contributed by atoms with Gasteiger partial charge in [-0.25, -0.2) is 4.99 Å². The Morgan fingerprint density at radius 2 is 2.05 bits per heavy atom. The summed E-state index contributed by atoms with van der Waals surface area (Å²) in [5.41, 5.74) is -0.273. The Hall–Kier alpha value is -1.24. The maximum Gasteiger partial charge on any atom is 0.573 e. The molecule has 0 saturated heterocycles. The average Bonchev–Trinajstić information content (AvgIpc) is 2.60. The molecular formula is C12H11BrF3NO2. The topological polar surface area (TPSA) is 30.8 Å². The van der Waals surface area contributed by atoms with E-state index < -0.39 is 11.9 Å². The number of hydrogen-bond acceptors (Lipinski definition) is 3. The van der Waals surface area contributed by atoms with Gasteiger partial charge in [0.2, 0.25) is 5.90 Å². The number of aliphatic imine (C=N–C) groups is 1. The second-order valence-corrected chi connectivity index (χ2v) is 5.54. The van der Waals surface area contributed by atoms with Gasteiger partial charge in [-0.1, -0.05) is 6.07 Å². The van der Waals surface area contributed by atoms with Gasteiger partial charge in [0.15, 0.2) is 5.75 Å². The highest BCUT2D eigenvalue weighted by atomic mass is 79.9. The van der Waals surface area contributed by atoms with Crippen LogP contribution in [0.3, 0.4) is 0 Å². The van der Waals surface area contributed by atoms with Crippen molar-refractivity contribution in [2.75, 3.05) is 6.61 Å². The lowest BCUT2D eigenvalue weighted by molar-refractivity contribution is -0.275. The number of alkyl halides is 3. The third-order valence-corrected chi connectivity index (χ3v) is 3.01. The van der Waals surface area contributed by atoms with Crippen molar-refractivity contribution in [3.63, 3.8) is 0 Å². The Morgan fingerprint density at radius 3 is 2.58 bits per heavy atom. The molecular weight excluding hydrogens is 327 g/mol. The monoisotopic (exact) mass is 337 g/mol. The molecule has 7 heteroatoms. The molecule has 0 atom stereocenters. The Kier molecular flexibility index (Phi) is 3.51. The van der Waals surface area contributed by atoms with Gasteiger partial charge in [-0.2, -0.15) is 0 Å². The first kappa shape index (κ1) is 14.2. The van der Waals surface area contributed by atoms with Gasteiger partial charge in [-0.05, 0) is 41.9 Å². The van der Waals surface area contributed by atoms with Gasteiger partial charge in [0.25, 0.3) is 0 Å². The molecule has 0 spiro atoms. The highest BCUT2D eigenvalue weighted by Crippen LogP contribution is 2.35. The second kappa shape index (κ2) is 4.70. The smallest absolute Gasteiger partial charge is 0.475 e. The summed E-state index contributed by atoms with van der Waals surface area (Å²) < 4.78 is 46.8. The highest BCUT2D eigenvalue weighted by Gasteiger charge is 2.35. The summed E-state index contributed by atoms with van der Waals surface area (Å²) in [5, 5.41) is 0. The van der Waals surface area contributed by atoms with E-state index in [2.05, 4.69) is 25.7 Å². The van der Waals surface area contributed by atoms with E-state index >= 15 is 0 Å². The van der Waals surface area contributed by atoms with Crippen LogP contribution in [-0.4, -0.2) is 24.4 Å². The minimum absolute atomic E-state index is 0.158. The molecule has 2 rings (SSSR count). The van der Waals surface area contributed by atoms with E-state index in [9.17, 15) is 13.2 Å². The zero-order valence-electron chi connectivity index (χ0n) is 10.2. The van der Waals surface area contributed by atoms with Crippen LogP contribution in [0, 0.1) is 0 Å².